The van der Waals surface area contributed by atoms with Crippen molar-refractivity contribution in [3.8, 4) is 0 Å². The number of hydrogen-bond donors (Lipinski definition) is 1. The molecule has 1 fully saturated rings. The van der Waals surface area contributed by atoms with Gasteiger partial charge in [0.25, 0.3) is 0 Å². The van der Waals surface area contributed by atoms with Gasteiger partial charge in [0.05, 0.1) is 5.69 Å². The van der Waals surface area contributed by atoms with E-state index in [1.165, 1.54) is 5.56 Å². The lowest BCUT2D eigenvalue weighted by Crippen LogP contribution is -2.54. The molecule has 0 aliphatic carbocycles. The van der Waals surface area contributed by atoms with E-state index in [-0.39, 0.29) is 0 Å². The molecule has 0 atom stereocenters. The van der Waals surface area contributed by atoms with Crippen LogP contribution in [0.25, 0.3) is 5.65 Å². The molecule has 0 radical (unpaired) electrons. The number of aromatic nitrogens is 2. The molecule has 1 aliphatic heterocycles. The Kier molecular flexibility index (Phi) is 2.19. The molecule has 0 spiro atoms. The summed E-state index contributed by atoms with van der Waals surface area (Å²) < 4.78 is 2.09. The van der Waals surface area contributed by atoms with Gasteiger partial charge in [-0.1, -0.05) is 6.07 Å². The third kappa shape index (κ3) is 1.60. The molecule has 0 amide bonds. The van der Waals surface area contributed by atoms with E-state index in [1.54, 1.807) is 0 Å². The lowest BCUT2D eigenvalue weighted by Gasteiger charge is -2.36. The standard InChI is InChI=1S/C12H16N4/c1-9-3-2-4-16-8-11(14-12(9)16)7-15-5-10(13)6-15/h2-4,8,10H,5-7,13H2,1H3. The third-order valence-corrected chi connectivity index (χ3v) is 3.10. The summed E-state index contributed by atoms with van der Waals surface area (Å²) in [4.78, 5) is 6.96. The summed E-state index contributed by atoms with van der Waals surface area (Å²) >= 11 is 0. The number of hydrogen-bond acceptors (Lipinski definition) is 3. The number of pyridine rings is 1. The highest BCUT2D eigenvalue weighted by atomic mass is 15.2. The fourth-order valence-corrected chi connectivity index (χ4v) is 2.25. The fraction of sp³-hybridized carbons (Fsp3) is 0.417. The molecule has 2 aromatic heterocycles. The van der Waals surface area contributed by atoms with E-state index in [0.717, 1.165) is 31.0 Å². The summed E-state index contributed by atoms with van der Waals surface area (Å²) in [6, 6.07) is 4.50. The van der Waals surface area contributed by atoms with Gasteiger partial charge in [-0.25, -0.2) is 4.98 Å². The Hall–Kier alpha value is -1.39. The molecule has 0 bridgehead atoms. The van der Waals surface area contributed by atoms with Crippen LogP contribution in [-0.4, -0.2) is 33.4 Å². The molecular formula is C12H16N4. The highest BCUT2D eigenvalue weighted by molar-refractivity contribution is 5.47. The number of imidazole rings is 1. The van der Waals surface area contributed by atoms with Gasteiger partial charge in [0.15, 0.2) is 0 Å². The van der Waals surface area contributed by atoms with Gasteiger partial charge in [0.2, 0.25) is 0 Å². The molecule has 0 unspecified atom stereocenters. The highest BCUT2D eigenvalue weighted by Gasteiger charge is 2.23. The molecule has 84 valence electrons. The lowest BCUT2D eigenvalue weighted by molar-refractivity contribution is 0.141. The van der Waals surface area contributed by atoms with E-state index in [1.807, 2.05) is 12.3 Å². The van der Waals surface area contributed by atoms with Crippen LogP contribution in [0.3, 0.4) is 0 Å². The summed E-state index contributed by atoms with van der Waals surface area (Å²) in [6.45, 7) is 4.99. The molecular weight excluding hydrogens is 200 g/mol. The van der Waals surface area contributed by atoms with E-state index < -0.39 is 0 Å². The van der Waals surface area contributed by atoms with Crippen LogP contribution in [0, 0.1) is 6.92 Å². The molecule has 0 saturated carbocycles. The second kappa shape index (κ2) is 3.57. The number of rotatable bonds is 2. The minimum Gasteiger partial charge on any atom is -0.325 e. The molecule has 3 heterocycles. The SMILES string of the molecule is Cc1cccn2cc(CN3CC(N)C3)nc12. The topological polar surface area (TPSA) is 46.6 Å². The van der Waals surface area contributed by atoms with Gasteiger partial charge in [0.1, 0.15) is 5.65 Å². The van der Waals surface area contributed by atoms with Crippen LogP contribution in [0.1, 0.15) is 11.3 Å². The molecule has 2 N–H and O–H groups in total. The molecule has 16 heavy (non-hydrogen) atoms. The summed E-state index contributed by atoms with van der Waals surface area (Å²) in [5, 5.41) is 0. The van der Waals surface area contributed by atoms with Gasteiger partial charge >= 0.3 is 0 Å². The first kappa shape index (κ1) is 9.81. The Bertz CT molecular complexity index is 511. The Morgan fingerprint density at radius 1 is 1.50 bits per heavy atom. The van der Waals surface area contributed by atoms with Crippen molar-refractivity contribution in [2.45, 2.75) is 19.5 Å². The van der Waals surface area contributed by atoms with Gasteiger partial charge in [-0.2, -0.15) is 0 Å². The first-order valence-corrected chi connectivity index (χ1v) is 5.63. The highest BCUT2D eigenvalue weighted by Crippen LogP contribution is 2.14. The minimum atomic E-state index is 0.360. The van der Waals surface area contributed by atoms with Crippen LogP contribution < -0.4 is 5.73 Å². The van der Waals surface area contributed by atoms with Gasteiger partial charge < -0.3 is 10.1 Å². The Labute approximate surface area is 94.7 Å². The zero-order chi connectivity index (χ0) is 11.1. The Morgan fingerprint density at radius 3 is 3.00 bits per heavy atom. The van der Waals surface area contributed by atoms with Crippen molar-refractivity contribution in [3.05, 3.63) is 35.8 Å². The first-order valence-electron chi connectivity index (χ1n) is 5.63. The second-order valence-corrected chi connectivity index (χ2v) is 4.61. The van der Waals surface area contributed by atoms with Gasteiger partial charge in [-0.15, -0.1) is 0 Å². The fourth-order valence-electron chi connectivity index (χ4n) is 2.25. The molecule has 0 aromatic carbocycles. The average molecular weight is 216 g/mol. The number of likely N-dealkylation sites (tertiary alicyclic amines) is 1. The molecule has 1 saturated heterocycles. The van der Waals surface area contributed by atoms with Crippen molar-refractivity contribution >= 4 is 5.65 Å². The predicted molar refractivity (Wildman–Crippen MR) is 63.2 cm³/mol. The van der Waals surface area contributed by atoms with Crippen molar-refractivity contribution in [3.63, 3.8) is 0 Å². The summed E-state index contributed by atoms with van der Waals surface area (Å²) in [5.41, 5.74) is 9.16. The number of aryl methyl sites for hydroxylation is 1. The van der Waals surface area contributed by atoms with Crippen LogP contribution in [0.4, 0.5) is 0 Å². The van der Waals surface area contributed by atoms with Crippen molar-refractivity contribution in [1.29, 1.82) is 0 Å². The lowest BCUT2D eigenvalue weighted by atomic mass is 10.1. The second-order valence-electron chi connectivity index (χ2n) is 4.61. The quantitative estimate of drug-likeness (QED) is 0.807. The monoisotopic (exact) mass is 216 g/mol. The van der Waals surface area contributed by atoms with E-state index in [9.17, 15) is 0 Å². The molecule has 2 aromatic rings. The summed E-state index contributed by atoms with van der Waals surface area (Å²) in [7, 11) is 0. The first-order chi connectivity index (χ1) is 7.72. The van der Waals surface area contributed by atoms with Gasteiger partial charge in [-0.3, -0.25) is 4.90 Å². The molecule has 4 nitrogen and oxygen atoms in total. The zero-order valence-electron chi connectivity index (χ0n) is 9.43. The van der Waals surface area contributed by atoms with E-state index in [0.29, 0.717) is 6.04 Å². The zero-order valence-corrected chi connectivity index (χ0v) is 9.43. The maximum atomic E-state index is 5.75. The smallest absolute Gasteiger partial charge is 0.139 e. The maximum Gasteiger partial charge on any atom is 0.139 e. The van der Waals surface area contributed by atoms with E-state index >= 15 is 0 Å². The predicted octanol–water partition coefficient (Wildman–Crippen LogP) is 0.786. The Balaban J connectivity index is 1.85. The van der Waals surface area contributed by atoms with Crippen LogP contribution in [-0.2, 0) is 6.54 Å². The van der Waals surface area contributed by atoms with Gasteiger partial charge in [0, 0.05) is 38.1 Å². The number of nitrogens with two attached hydrogens (primary N) is 1. The normalized spacial score (nSPS) is 17.9. The van der Waals surface area contributed by atoms with Crippen molar-refractivity contribution in [2.24, 2.45) is 5.73 Å². The number of nitrogens with zero attached hydrogens (tertiary/aromatic N) is 3. The largest absolute Gasteiger partial charge is 0.325 e. The van der Waals surface area contributed by atoms with Crippen molar-refractivity contribution in [2.75, 3.05) is 13.1 Å². The van der Waals surface area contributed by atoms with Crippen molar-refractivity contribution in [1.82, 2.24) is 14.3 Å². The molecule has 4 heteroatoms. The molecule has 1 aliphatic rings. The average Bonchev–Trinajstić information content (AvgIpc) is 2.60. The number of fused-ring (bicyclic) bond motifs is 1. The van der Waals surface area contributed by atoms with Crippen LogP contribution in [0.2, 0.25) is 0 Å². The van der Waals surface area contributed by atoms with E-state index in [2.05, 4.69) is 33.5 Å². The molecule has 3 rings (SSSR count). The van der Waals surface area contributed by atoms with E-state index in [4.69, 9.17) is 5.73 Å². The minimum absolute atomic E-state index is 0.360. The van der Waals surface area contributed by atoms with Crippen molar-refractivity contribution < 1.29 is 0 Å². The summed E-state index contributed by atoms with van der Waals surface area (Å²) in [6.07, 6.45) is 4.15. The van der Waals surface area contributed by atoms with Gasteiger partial charge in [-0.05, 0) is 18.6 Å². The van der Waals surface area contributed by atoms with Crippen LogP contribution in [0.5, 0.6) is 0 Å². The maximum absolute atomic E-state index is 5.75. The summed E-state index contributed by atoms with van der Waals surface area (Å²) in [5.74, 6) is 0. The third-order valence-electron chi connectivity index (χ3n) is 3.10. The Morgan fingerprint density at radius 2 is 2.31 bits per heavy atom. The van der Waals surface area contributed by atoms with Crippen LogP contribution >= 0.6 is 0 Å². The van der Waals surface area contributed by atoms with Crippen LogP contribution in [0.15, 0.2) is 24.5 Å².